The highest BCUT2D eigenvalue weighted by Crippen LogP contribution is 2.38. The second-order valence-electron chi connectivity index (χ2n) is 3.91. The number of nitrogens with zero attached hydrogens (tertiary/aromatic N) is 1. The first kappa shape index (κ1) is 11.4. The molecule has 5 nitrogen and oxygen atoms in total. The van der Waals surface area contributed by atoms with Gasteiger partial charge in [0, 0.05) is 12.5 Å². The third-order valence-corrected chi connectivity index (χ3v) is 3.81. The van der Waals surface area contributed by atoms with Crippen molar-refractivity contribution in [3.63, 3.8) is 0 Å². The molecule has 1 aromatic rings. The fraction of sp³-hybridized carbons (Fsp3) is 0.400. The van der Waals surface area contributed by atoms with Gasteiger partial charge in [-0.15, -0.1) is 0 Å². The number of nitrogens with two attached hydrogens (primary N) is 2. The highest BCUT2D eigenvalue weighted by molar-refractivity contribution is 7.90. The van der Waals surface area contributed by atoms with Gasteiger partial charge in [0.05, 0.1) is 5.69 Å². The molecule has 0 bridgehead atoms. The van der Waals surface area contributed by atoms with Crippen molar-refractivity contribution in [1.82, 2.24) is 0 Å². The number of hydrogen-bond donors (Lipinski definition) is 2. The summed E-state index contributed by atoms with van der Waals surface area (Å²) in [6.07, 6.45) is 0.767. The molecule has 1 aliphatic rings. The summed E-state index contributed by atoms with van der Waals surface area (Å²) in [6, 6.07) is 7.41. The number of anilines is 1. The van der Waals surface area contributed by atoms with E-state index in [1.165, 1.54) is 4.31 Å². The van der Waals surface area contributed by atoms with E-state index in [1.807, 2.05) is 18.2 Å². The number of benzene rings is 1. The van der Waals surface area contributed by atoms with E-state index in [4.69, 9.17) is 10.9 Å². The lowest BCUT2D eigenvalue weighted by molar-refractivity contribution is 0.588. The van der Waals surface area contributed by atoms with Crippen LogP contribution in [0.5, 0.6) is 0 Å². The standard InChI is InChI=1S/C10H15N3O2S/c11-6-5-8-7-13(16(12,14)15)10-4-2-1-3-9(8)10/h1-4,8H,5-7,11H2,(H2,12,14,15). The first-order chi connectivity index (χ1) is 7.54. The first-order valence-corrected chi connectivity index (χ1v) is 6.64. The summed E-state index contributed by atoms with van der Waals surface area (Å²) < 4.78 is 24.1. The van der Waals surface area contributed by atoms with Crippen LogP contribution in [0.4, 0.5) is 5.69 Å². The van der Waals surface area contributed by atoms with Crippen LogP contribution in [0.3, 0.4) is 0 Å². The molecule has 0 radical (unpaired) electrons. The average molecular weight is 241 g/mol. The van der Waals surface area contributed by atoms with E-state index >= 15 is 0 Å². The zero-order valence-electron chi connectivity index (χ0n) is 8.83. The Balaban J connectivity index is 2.43. The zero-order valence-corrected chi connectivity index (χ0v) is 9.65. The average Bonchev–Trinajstić information content (AvgIpc) is 2.58. The van der Waals surface area contributed by atoms with Crippen molar-refractivity contribution in [2.24, 2.45) is 10.9 Å². The largest absolute Gasteiger partial charge is 0.330 e. The van der Waals surface area contributed by atoms with Crippen molar-refractivity contribution in [3.05, 3.63) is 29.8 Å². The van der Waals surface area contributed by atoms with Crippen molar-refractivity contribution in [3.8, 4) is 0 Å². The maximum absolute atomic E-state index is 11.4. The minimum absolute atomic E-state index is 0.152. The summed E-state index contributed by atoms with van der Waals surface area (Å²) in [4.78, 5) is 0. The molecule has 1 heterocycles. The van der Waals surface area contributed by atoms with E-state index in [0.29, 0.717) is 18.8 Å². The fourth-order valence-corrected chi connectivity index (χ4v) is 2.97. The van der Waals surface area contributed by atoms with Gasteiger partial charge >= 0.3 is 0 Å². The molecule has 1 aromatic carbocycles. The number of rotatable bonds is 3. The molecule has 1 aliphatic heterocycles. The Hall–Kier alpha value is -1.11. The predicted octanol–water partition coefficient (Wildman–Crippen LogP) is 0.143. The van der Waals surface area contributed by atoms with Gasteiger partial charge in [-0.05, 0) is 24.6 Å². The molecule has 0 saturated heterocycles. The molecule has 0 aromatic heterocycles. The zero-order chi connectivity index (χ0) is 11.8. The van der Waals surface area contributed by atoms with Crippen molar-refractivity contribution < 1.29 is 8.42 Å². The molecule has 4 N–H and O–H groups in total. The Labute approximate surface area is 95.2 Å². The molecule has 0 amide bonds. The Bertz CT molecular complexity index is 487. The van der Waals surface area contributed by atoms with E-state index in [9.17, 15) is 8.42 Å². The number of hydrogen-bond acceptors (Lipinski definition) is 3. The number of fused-ring (bicyclic) bond motifs is 1. The van der Waals surface area contributed by atoms with Crippen LogP contribution in [0.25, 0.3) is 0 Å². The van der Waals surface area contributed by atoms with E-state index in [2.05, 4.69) is 0 Å². The van der Waals surface area contributed by atoms with Crippen LogP contribution in [0.1, 0.15) is 17.9 Å². The summed E-state index contributed by atoms with van der Waals surface area (Å²) in [7, 11) is -3.67. The molecular formula is C10H15N3O2S. The molecule has 0 saturated carbocycles. The minimum Gasteiger partial charge on any atom is -0.330 e. The molecule has 1 atom stereocenters. The molecule has 2 rings (SSSR count). The molecule has 88 valence electrons. The lowest BCUT2D eigenvalue weighted by atomic mass is 9.98. The Kier molecular flexibility index (Phi) is 2.88. The summed E-state index contributed by atoms with van der Waals surface area (Å²) >= 11 is 0. The van der Waals surface area contributed by atoms with Gasteiger partial charge in [-0.1, -0.05) is 18.2 Å². The predicted molar refractivity (Wildman–Crippen MR) is 63.3 cm³/mol. The van der Waals surface area contributed by atoms with E-state index in [1.54, 1.807) is 6.07 Å². The van der Waals surface area contributed by atoms with Crippen molar-refractivity contribution in [1.29, 1.82) is 0 Å². The quantitative estimate of drug-likeness (QED) is 0.789. The number of para-hydroxylation sites is 1. The second-order valence-corrected chi connectivity index (χ2v) is 5.38. The SMILES string of the molecule is NCCC1CN(S(N)(=O)=O)c2ccccc21. The van der Waals surface area contributed by atoms with Crippen LogP contribution in [0, 0.1) is 0 Å². The van der Waals surface area contributed by atoms with Crippen molar-refractivity contribution in [2.45, 2.75) is 12.3 Å². The first-order valence-electron chi connectivity index (χ1n) is 5.13. The molecule has 16 heavy (non-hydrogen) atoms. The van der Waals surface area contributed by atoms with Gasteiger partial charge in [0.1, 0.15) is 0 Å². The van der Waals surface area contributed by atoms with Crippen LogP contribution < -0.4 is 15.2 Å². The highest BCUT2D eigenvalue weighted by Gasteiger charge is 2.32. The van der Waals surface area contributed by atoms with E-state index < -0.39 is 10.2 Å². The Morgan fingerprint density at radius 2 is 2.06 bits per heavy atom. The summed E-state index contributed by atoms with van der Waals surface area (Å²) in [6.45, 7) is 0.937. The van der Waals surface area contributed by atoms with Crippen molar-refractivity contribution >= 4 is 15.9 Å². The lowest BCUT2D eigenvalue weighted by Crippen LogP contribution is -2.35. The monoisotopic (exact) mass is 241 g/mol. The smallest absolute Gasteiger partial charge is 0.299 e. The third kappa shape index (κ3) is 1.91. The van der Waals surface area contributed by atoms with Gasteiger partial charge in [0.25, 0.3) is 10.2 Å². The van der Waals surface area contributed by atoms with E-state index in [0.717, 1.165) is 12.0 Å². The van der Waals surface area contributed by atoms with Crippen LogP contribution in [0.2, 0.25) is 0 Å². The topological polar surface area (TPSA) is 89.4 Å². The Morgan fingerprint density at radius 1 is 1.38 bits per heavy atom. The molecule has 6 heteroatoms. The van der Waals surface area contributed by atoms with Gasteiger partial charge in [0.15, 0.2) is 0 Å². The summed E-state index contributed by atoms with van der Waals surface area (Å²) in [5, 5.41) is 5.18. The molecule has 0 aliphatic carbocycles. The van der Waals surface area contributed by atoms with Gasteiger partial charge < -0.3 is 5.73 Å². The molecule has 1 unspecified atom stereocenters. The second kappa shape index (κ2) is 4.04. The van der Waals surface area contributed by atoms with Crippen LogP contribution >= 0.6 is 0 Å². The molecule has 0 spiro atoms. The Morgan fingerprint density at radius 3 is 2.69 bits per heavy atom. The highest BCUT2D eigenvalue weighted by atomic mass is 32.2. The van der Waals surface area contributed by atoms with Crippen LogP contribution in [-0.2, 0) is 10.2 Å². The lowest BCUT2D eigenvalue weighted by Gasteiger charge is -2.16. The maximum atomic E-state index is 11.4. The van der Waals surface area contributed by atoms with Gasteiger partial charge in [0.2, 0.25) is 0 Å². The fourth-order valence-electron chi connectivity index (χ4n) is 2.15. The van der Waals surface area contributed by atoms with Crippen LogP contribution in [-0.4, -0.2) is 21.5 Å². The van der Waals surface area contributed by atoms with Gasteiger partial charge in [-0.25, -0.2) is 5.14 Å². The third-order valence-electron chi connectivity index (χ3n) is 2.85. The van der Waals surface area contributed by atoms with Crippen molar-refractivity contribution in [2.75, 3.05) is 17.4 Å². The van der Waals surface area contributed by atoms with Crippen LogP contribution in [0.15, 0.2) is 24.3 Å². The summed E-state index contributed by atoms with van der Waals surface area (Å²) in [5.41, 5.74) is 7.22. The van der Waals surface area contributed by atoms with Gasteiger partial charge in [-0.2, -0.15) is 8.42 Å². The van der Waals surface area contributed by atoms with E-state index in [-0.39, 0.29) is 5.92 Å². The normalized spacial score (nSPS) is 19.9. The molecule has 0 fully saturated rings. The molecular weight excluding hydrogens is 226 g/mol. The van der Waals surface area contributed by atoms with Gasteiger partial charge in [-0.3, -0.25) is 4.31 Å². The maximum Gasteiger partial charge on any atom is 0.299 e. The summed E-state index contributed by atoms with van der Waals surface area (Å²) in [5.74, 6) is 0.152. The minimum atomic E-state index is -3.67.